The van der Waals surface area contributed by atoms with E-state index in [1.54, 1.807) is 24.3 Å². The van der Waals surface area contributed by atoms with Gasteiger partial charge in [-0.25, -0.2) is 9.18 Å². The van der Waals surface area contributed by atoms with Crippen molar-refractivity contribution in [3.05, 3.63) is 64.9 Å². The van der Waals surface area contributed by atoms with E-state index in [4.69, 9.17) is 11.6 Å². The number of benzene rings is 2. The lowest BCUT2D eigenvalue weighted by Crippen LogP contribution is -2.49. The number of amides is 2. The Morgan fingerprint density at radius 1 is 1.00 bits per heavy atom. The molecule has 1 saturated heterocycles. The lowest BCUT2D eigenvalue weighted by atomic mass is 9.83. The van der Waals surface area contributed by atoms with Crippen molar-refractivity contribution >= 4 is 23.3 Å². The fraction of sp³-hybridized carbons (Fsp3) is 0.500. The molecule has 6 heteroatoms. The second-order valence-electron chi connectivity index (χ2n) is 9.35. The van der Waals surface area contributed by atoms with Crippen LogP contribution in [0.1, 0.15) is 44.1 Å². The van der Waals surface area contributed by atoms with Crippen molar-refractivity contribution in [2.75, 3.05) is 25.0 Å². The molecule has 2 amide bonds. The Morgan fingerprint density at radius 3 is 2.53 bits per heavy atom. The highest BCUT2D eigenvalue weighted by molar-refractivity contribution is 6.30. The zero-order valence-corrected chi connectivity index (χ0v) is 19.3. The van der Waals surface area contributed by atoms with E-state index in [-0.39, 0.29) is 17.9 Å². The van der Waals surface area contributed by atoms with Gasteiger partial charge in [-0.1, -0.05) is 36.6 Å². The number of carbonyl (C=O) groups is 1. The Balaban J connectivity index is 1.29. The maximum absolute atomic E-state index is 13.2. The molecule has 0 unspecified atom stereocenters. The summed E-state index contributed by atoms with van der Waals surface area (Å²) in [4.78, 5) is 15.2. The van der Waals surface area contributed by atoms with Crippen molar-refractivity contribution in [1.29, 1.82) is 0 Å². The molecule has 172 valence electrons. The van der Waals surface area contributed by atoms with Gasteiger partial charge in [0.1, 0.15) is 5.82 Å². The van der Waals surface area contributed by atoms with Crippen LogP contribution in [-0.2, 0) is 6.42 Å². The summed E-state index contributed by atoms with van der Waals surface area (Å²) >= 11 is 5.93. The molecule has 2 aliphatic rings. The van der Waals surface area contributed by atoms with E-state index < -0.39 is 0 Å². The lowest BCUT2D eigenvalue weighted by Gasteiger charge is -2.39. The summed E-state index contributed by atoms with van der Waals surface area (Å²) in [6.45, 7) is 3.24. The molecule has 0 aromatic heterocycles. The quantitative estimate of drug-likeness (QED) is 0.549. The molecule has 32 heavy (non-hydrogen) atoms. The first-order chi connectivity index (χ1) is 15.5. The van der Waals surface area contributed by atoms with Crippen LogP contribution >= 0.6 is 11.6 Å². The Labute approximate surface area is 195 Å². The first kappa shape index (κ1) is 23.1. The van der Waals surface area contributed by atoms with E-state index in [0.29, 0.717) is 16.9 Å². The molecule has 0 spiro atoms. The number of rotatable bonds is 6. The molecule has 1 saturated carbocycles. The molecule has 4 nitrogen and oxygen atoms in total. The van der Waals surface area contributed by atoms with E-state index in [2.05, 4.69) is 15.5 Å². The molecular formula is C26H33ClFN3O. The highest BCUT2D eigenvalue weighted by Gasteiger charge is 2.30. The van der Waals surface area contributed by atoms with Gasteiger partial charge in [-0.2, -0.15) is 0 Å². The van der Waals surface area contributed by atoms with Gasteiger partial charge >= 0.3 is 6.03 Å². The number of hydrogen-bond donors (Lipinski definition) is 2. The van der Waals surface area contributed by atoms with Crippen molar-refractivity contribution in [1.82, 2.24) is 10.2 Å². The SMILES string of the molecule is O=C(Nc1ccc(Cl)cc1)N[C@@H]1CCCC[C@H]1CN1CCC[C@@H](Cc2ccc(F)cc2)C1. The van der Waals surface area contributed by atoms with E-state index in [0.717, 1.165) is 51.0 Å². The molecule has 1 aliphatic heterocycles. The smallest absolute Gasteiger partial charge is 0.319 e. The molecular weight excluding hydrogens is 425 g/mol. The van der Waals surface area contributed by atoms with Crippen LogP contribution in [0.15, 0.2) is 48.5 Å². The van der Waals surface area contributed by atoms with Crippen molar-refractivity contribution in [2.24, 2.45) is 11.8 Å². The van der Waals surface area contributed by atoms with Gasteiger partial charge in [0.15, 0.2) is 0 Å². The molecule has 2 aromatic rings. The largest absolute Gasteiger partial charge is 0.335 e. The van der Waals surface area contributed by atoms with Crippen LogP contribution in [-0.4, -0.2) is 36.6 Å². The van der Waals surface area contributed by atoms with Crippen LogP contribution in [0, 0.1) is 17.7 Å². The molecule has 4 rings (SSSR count). The highest BCUT2D eigenvalue weighted by Crippen LogP contribution is 2.28. The Morgan fingerprint density at radius 2 is 1.75 bits per heavy atom. The summed E-state index contributed by atoms with van der Waals surface area (Å²) in [6.07, 6.45) is 8.02. The molecule has 2 fully saturated rings. The predicted molar refractivity (Wildman–Crippen MR) is 129 cm³/mol. The second-order valence-corrected chi connectivity index (χ2v) is 9.79. The maximum Gasteiger partial charge on any atom is 0.319 e. The third-order valence-corrected chi connectivity index (χ3v) is 7.11. The van der Waals surface area contributed by atoms with E-state index >= 15 is 0 Å². The predicted octanol–water partition coefficient (Wildman–Crippen LogP) is 6.11. The zero-order valence-electron chi connectivity index (χ0n) is 18.5. The van der Waals surface area contributed by atoms with Crippen molar-refractivity contribution < 1.29 is 9.18 Å². The third kappa shape index (κ3) is 6.69. The third-order valence-electron chi connectivity index (χ3n) is 6.86. The number of nitrogens with one attached hydrogen (secondary N) is 2. The first-order valence-electron chi connectivity index (χ1n) is 11.8. The van der Waals surface area contributed by atoms with Gasteiger partial charge in [-0.15, -0.1) is 0 Å². The van der Waals surface area contributed by atoms with Gasteiger partial charge in [0.05, 0.1) is 0 Å². The summed E-state index contributed by atoms with van der Waals surface area (Å²) in [5.41, 5.74) is 1.97. The Bertz CT molecular complexity index is 874. The van der Waals surface area contributed by atoms with E-state index in [9.17, 15) is 9.18 Å². The average Bonchev–Trinajstić information content (AvgIpc) is 2.79. The number of anilines is 1. The van der Waals surface area contributed by atoms with Crippen LogP contribution in [0.5, 0.6) is 0 Å². The van der Waals surface area contributed by atoms with Crippen molar-refractivity contribution in [3.8, 4) is 0 Å². The second kappa shape index (κ2) is 11.2. The normalized spacial score (nSPS) is 24.1. The maximum atomic E-state index is 13.2. The minimum absolute atomic E-state index is 0.142. The Kier molecular flexibility index (Phi) is 8.04. The van der Waals surface area contributed by atoms with Gasteiger partial charge in [0.2, 0.25) is 0 Å². The number of piperidine rings is 1. The average molecular weight is 458 g/mol. The molecule has 0 radical (unpaired) electrons. The molecule has 1 aliphatic carbocycles. The first-order valence-corrected chi connectivity index (χ1v) is 12.2. The summed E-state index contributed by atoms with van der Waals surface area (Å²) in [5.74, 6) is 0.914. The molecule has 1 heterocycles. The molecule has 3 atom stereocenters. The number of likely N-dealkylation sites (tertiary alicyclic amines) is 1. The van der Waals surface area contributed by atoms with E-state index in [1.807, 2.05) is 24.3 Å². The number of hydrogen-bond acceptors (Lipinski definition) is 2. The number of urea groups is 1. The summed E-state index contributed by atoms with van der Waals surface area (Å²) in [7, 11) is 0. The van der Waals surface area contributed by atoms with Gasteiger partial charge in [0, 0.05) is 29.8 Å². The zero-order chi connectivity index (χ0) is 22.3. The van der Waals surface area contributed by atoms with Gasteiger partial charge in [-0.3, -0.25) is 0 Å². The summed E-state index contributed by atoms with van der Waals surface area (Å²) < 4.78 is 13.2. The van der Waals surface area contributed by atoms with Crippen LogP contribution in [0.4, 0.5) is 14.9 Å². The topological polar surface area (TPSA) is 44.4 Å². The van der Waals surface area contributed by atoms with Crippen molar-refractivity contribution in [2.45, 2.75) is 51.0 Å². The van der Waals surface area contributed by atoms with E-state index in [1.165, 1.54) is 24.8 Å². The number of halogens is 2. The van der Waals surface area contributed by atoms with Gasteiger partial charge in [0.25, 0.3) is 0 Å². The monoisotopic (exact) mass is 457 g/mol. The van der Waals surface area contributed by atoms with Crippen molar-refractivity contribution in [3.63, 3.8) is 0 Å². The minimum atomic E-state index is -0.171. The fourth-order valence-corrected chi connectivity index (χ4v) is 5.38. The number of nitrogens with zero attached hydrogens (tertiary/aromatic N) is 1. The van der Waals surface area contributed by atoms with Gasteiger partial charge in [-0.05, 0) is 92.4 Å². The molecule has 2 aromatic carbocycles. The molecule has 2 N–H and O–H groups in total. The number of carbonyl (C=O) groups excluding carboxylic acids is 1. The highest BCUT2D eigenvalue weighted by atomic mass is 35.5. The van der Waals surface area contributed by atoms with Crippen LogP contribution in [0.3, 0.4) is 0 Å². The Hall–Kier alpha value is -2.11. The lowest BCUT2D eigenvalue weighted by molar-refractivity contribution is 0.123. The fourth-order valence-electron chi connectivity index (χ4n) is 5.25. The van der Waals surface area contributed by atoms with Crippen LogP contribution < -0.4 is 10.6 Å². The molecule has 0 bridgehead atoms. The summed E-state index contributed by atoms with van der Waals surface area (Å²) in [6, 6.07) is 14.2. The van der Waals surface area contributed by atoms with Crippen LogP contribution in [0.2, 0.25) is 5.02 Å². The minimum Gasteiger partial charge on any atom is -0.335 e. The van der Waals surface area contributed by atoms with Gasteiger partial charge < -0.3 is 15.5 Å². The van der Waals surface area contributed by atoms with Crippen LogP contribution in [0.25, 0.3) is 0 Å². The standard InChI is InChI=1S/C26H33ClFN3O/c27-22-9-13-24(14-10-22)29-26(32)30-25-6-2-1-5-21(25)18-31-15-3-4-20(17-31)16-19-7-11-23(28)12-8-19/h7-14,20-21,25H,1-6,15-18H2,(H2,29,30,32)/t20-,21-,25+/m0/s1. The summed E-state index contributed by atoms with van der Waals surface area (Å²) in [5, 5.41) is 6.82.